The van der Waals surface area contributed by atoms with E-state index in [1.807, 2.05) is 0 Å². The van der Waals surface area contributed by atoms with Gasteiger partial charge in [0.15, 0.2) is 0 Å². The van der Waals surface area contributed by atoms with Crippen LogP contribution in [0.4, 0.5) is 0 Å². The second-order valence-corrected chi connectivity index (χ2v) is 9.57. The maximum Gasteiger partial charge on any atom is 0.697 e. The number of halogens is 2. The van der Waals surface area contributed by atoms with E-state index in [1.54, 1.807) is 13.8 Å². The maximum atomic E-state index is 12.0. The van der Waals surface area contributed by atoms with Crippen LogP contribution in [0.5, 0.6) is 0 Å². The molecule has 2 atom stereocenters. The number of rotatable bonds is 16. The Balaban J connectivity index is 4.50. The normalized spacial score (nSPS) is 17.4. The summed E-state index contributed by atoms with van der Waals surface area (Å²) >= 11 is 11.5. The van der Waals surface area contributed by atoms with Gasteiger partial charge in [0, 0.05) is 27.2 Å². The van der Waals surface area contributed by atoms with E-state index >= 15 is 0 Å². The van der Waals surface area contributed by atoms with Crippen LogP contribution in [0.25, 0.3) is 0 Å². The fraction of sp³-hybridized carbons (Fsp3) is 1.00. The van der Waals surface area contributed by atoms with Crippen molar-refractivity contribution in [3.8, 4) is 0 Å². The van der Waals surface area contributed by atoms with Gasteiger partial charge in [-0.15, -0.1) is 32.2 Å². The van der Waals surface area contributed by atoms with Gasteiger partial charge in [0.05, 0.1) is 13.2 Å². The van der Waals surface area contributed by atoms with Gasteiger partial charge in [0.1, 0.15) is 13.2 Å². The Kier molecular flexibility index (Phi) is 14.9. The molecule has 0 radical (unpaired) electrons. The van der Waals surface area contributed by atoms with Crippen LogP contribution in [0.1, 0.15) is 26.7 Å². The molecule has 2 unspecified atom stereocenters. The standard InChI is InChI=1S/C12H26Cl2O9P3/c1-11(3-5-13,7-20-24(15)16)9-22-26(19)23-10-12(2,4-6-14)8-21-25(17)18/h15-18H,3-10H2,1-2H3/q+1. The minimum Gasteiger partial charge on any atom is -0.328 e. The predicted molar refractivity (Wildman–Crippen MR) is 101 cm³/mol. The van der Waals surface area contributed by atoms with Gasteiger partial charge in [-0.05, 0) is 12.8 Å². The Morgan fingerprint density at radius 2 is 1.15 bits per heavy atom. The summed E-state index contributed by atoms with van der Waals surface area (Å²) in [4.78, 5) is 35.4. The van der Waals surface area contributed by atoms with Crippen molar-refractivity contribution in [2.45, 2.75) is 26.7 Å². The molecule has 0 aliphatic carbocycles. The van der Waals surface area contributed by atoms with Crippen LogP contribution >= 0.6 is 48.7 Å². The molecule has 0 spiro atoms. The zero-order chi connectivity index (χ0) is 20.2. The summed E-state index contributed by atoms with van der Waals surface area (Å²) in [6.45, 7) is 3.37. The Bertz CT molecular complexity index is 374. The van der Waals surface area contributed by atoms with Crippen molar-refractivity contribution in [2.75, 3.05) is 38.2 Å². The summed E-state index contributed by atoms with van der Waals surface area (Å²) in [7, 11) is -7.48. The second kappa shape index (κ2) is 14.2. The second-order valence-electron chi connectivity index (χ2n) is 6.32. The van der Waals surface area contributed by atoms with E-state index in [0.717, 1.165) is 0 Å². The summed E-state index contributed by atoms with van der Waals surface area (Å²) < 4.78 is 32.1. The van der Waals surface area contributed by atoms with Crippen molar-refractivity contribution >= 4 is 48.7 Å². The molecule has 14 heteroatoms. The van der Waals surface area contributed by atoms with E-state index in [-0.39, 0.29) is 38.2 Å². The first-order chi connectivity index (χ1) is 12.1. The molecule has 0 heterocycles. The lowest BCUT2D eigenvalue weighted by atomic mass is 9.90. The molecule has 0 aromatic heterocycles. The molecule has 156 valence electrons. The van der Waals surface area contributed by atoms with Gasteiger partial charge in [0.2, 0.25) is 0 Å². The Morgan fingerprint density at radius 1 is 0.808 bits per heavy atom. The molecule has 0 bridgehead atoms. The predicted octanol–water partition coefficient (Wildman–Crippen LogP) is 3.40. The molecule has 26 heavy (non-hydrogen) atoms. The fourth-order valence-corrected chi connectivity index (χ4v) is 4.39. The highest BCUT2D eigenvalue weighted by Crippen LogP contribution is 2.37. The van der Waals surface area contributed by atoms with Gasteiger partial charge in [-0.25, -0.2) is 0 Å². The summed E-state index contributed by atoms with van der Waals surface area (Å²) in [5.74, 6) is 0.568. The van der Waals surface area contributed by atoms with Crippen LogP contribution in [-0.4, -0.2) is 57.8 Å². The number of hydrogen-bond acceptors (Lipinski definition) is 9. The largest absolute Gasteiger partial charge is 0.697 e. The maximum absolute atomic E-state index is 12.0. The molecule has 0 aromatic rings. The topological polar surface area (TPSA) is 135 Å². The van der Waals surface area contributed by atoms with E-state index in [1.165, 1.54) is 0 Å². The first kappa shape index (κ1) is 27.2. The van der Waals surface area contributed by atoms with Gasteiger partial charge in [-0.2, -0.15) is 0 Å². The van der Waals surface area contributed by atoms with Gasteiger partial charge >= 0.3 is 25.5 Å². The zero-order valence-electron chi connectivity index (χ0n) is 14.6. The van der Waals surface area contributed by atoms with Gasteiger partial charge in [0.25, 0.3) is 0 Å². The third-order valence-electron chi connectivity index (χ3n) is 3.49. The van der Waals surface area contributed by atoms with Crippen molar-refractivity contribution in [2.24, 2.45) is 10.8 Å². The van der Waals surface area contributed by atoms with E-state index < -0.39 is 36.3 Å². The summed E-state index contributed by atoms with van der Waals surface area (Å²) in [6.07, 6.45) is 0.879. The highest BCUT2D eigenvalue weighted by molar-refractivity contribution is 7.39. The van der Waals surface area contributed by atoms with E-state index in [2.05, 4.69) is 0 Å². The SMILES string of the molecule is CC(CCCl)(COP(O)O)CO[P+](=O)OCC(C)(CCCl)COP(O)O. The minimum atomic E-state index is -2.51. The molecule has 0 saturated heterocycles. The molecular weight excluding hydrogens is 452 g/mol. The number of alkyl halides is 2. The average molecular weight is 478 g/mol. The van der Waals surface area contributed by atoms with Crippen LogP contribution in [0.2, 0.25) is 0 Å². The lowest BCUT2D eigenvalue weighted by Gasteiger charge is -2.26. The smallest absolute Gasteiger partial charge is 0.328 e. The van der Waals surface area contributed by atoms with Crippen LogP contribution in [-0.2, 0) is 22.7 Å². The van der Waals surface area contributed by atoms with Crippen molar-refractivity contribution in [1.82, 2.24) is 0 Å². The van der Waals surface area contributed by atoms with E-state index in [0.29, 0.717) is 12.8 Å². The molecule has 0 amide bonds. The van der Waals surface area contributed by atoms with Crippen molar-refractivity contribution in [1.29, 1.82) is 0 Å². The van der Waals surface area contributed by atoms with Crippen LogP contribution in [0, 0.1) is 10.8 Å². The van der Waals surface area contributed by atoms with Crippen molar-refractivity contribution < 1.29 is 42.2 Å². The summed E-state index contributed by atoms with van der Waals surface area (Å²) in [5, 5.41) is 0. The highest BCUT2D eigenvalue weighted by atomic mass is 35.5. The average Bonchev–Trinajstić information content (AvgIpc) is 2.55. The summed E-state index contributed by atoms with van der Waals surface area (Å²) in [5.41, 5.74) is -1.34. The molecule has 0 rings (SSSR count). The Hall–Kier alpha value is 1.22. The molecule has 0 fully saturated rings. The quantitative estimate of drug-likeness (QED) is 0.195. The zero-order valence-corrected chi connectivity index (χ0v) is 18.8. The van der Waals surface area contributed by atoms with Crippen LogP contribution in [0.3, 0.4) is 0 Å². The Labute approximate surface area is 166 Å². The van der Waals surface area contributed by atoms with Gasteiger partial charge < -0.3 is 28.6 Å². The van der Waals surface area contributed by atoms with Gasteiger partial charge in [-0.1, -0.05) is 13.8 Å². The third-order valence-corrected chi connectivity index (χ3v) is 5.27. The first-order valence-electron chi connectivity index (χ1n) is 7.52. The summed E-state index contributed by atoms with van der Waals surface area (Å²) in [6, 6.07) is 0. The fourth-order valence-electron chi connectivity index (χ4n) is 1.71. The molecule has 0 aromatic carbocycles. The van der Waals surface area contributed by atoms with Crippen molar-refractivity contribution in [3.63, 3.8) is 0 Å². The van der Waals surface area contributed by atoms with Gasteiger partial charge in [-0.3, -0.25) is 0 Å². The molecule has 9 nitrogen and oxygen atoms in total. The van der Waals surface area contributed by atoms with Crippen LogP contribution < -0.4 is 0 Å². The van der Waals surface area contributed by atoms with E-state index in [9.17, 15) is 4.57 Å². The Morgan fingerprint density at radius 3 is 1.42 bits per heavy atom. The first-order valence-corrected chi connectivity index (χ1v) is 12.0. The van der Waals surface area contributed by atoms with E-state index in [4.69, 9.17) is 60.9 Å². The molecule has 4 N–H and O–H groups in total. The molecule has 0 aliphatic heterocycles. The molecule has 0 aliphatic rings. The van der Waals surface area contributed by atoms with Crippen molar-refractivity contribution in [3.05, 3.63) is 0 Å². The monoisotopic (exact) mass is 477 g/mol. The number of hydrogen-bond donors (Lipinski definition) is 4. The molecular formula is C12H26Cl2O9P3+. The minimum absolute atomic E-state index is 0.0284. The third kappa shape index (κ3) is 13.4. The lowest BCUT2D eigenvalue weighted by molar-refractivity contribution is 0.0567. The molecule has 0 saturated carbocycles. The highest BCUT2D eigenvalue weighted by Gasteiger charge is 2.35. The van der Waals surface area contributed by atoms with Crippen LogP contribution in [0.15, 0.2) is 0 Å². The lowest BCUT2D eigenvalue weighted by Crippen LogP contribution is -2.29.